The molecule has 1 atom stereocenters. The lowest BCUT2D eigenvalue weighted by atomic mass is 10.1. The van der Waals surface area contributed by atoms with Crippen LogP contribution in [0.2, 0.25) is 0 Å². The first-order valence-electron chi connectivity index (χ1n) is 8.43. The first-order chi connectivity index (χ1) is 12.5. The normalized spacial score (nSPS) is 12.0. The van der Waals surface area contributed by atoms with Crippen molar-refractivity contribution in [3.05, 3.63) is 60.2 Å². The summed E-state index contributed by atoms with van der Waals surface area (Å²) in [6, 6.07) is 9.88. The van der Waals surface area contributed by atoms with Crippen LogP contribution in [0.4, 0.5) is 0 Å². The fourth-order valence-electron chi connectivity index (χ4n) is 2.73. The Morgan fingerprint density at radius 3 is 2.74 bits per heavy atom. The number of hydrogen-bond donors (Lipinski definition) is 1. The monoisotopic (exact) mass is 390 g/mol. The van der Waals surface area contributed by atoms with Crippen LogP contribution in [0.25, 0.3) is 5.78 Å². The van der Waals surface area contributed by atoms with Crippen LogP contribution >= 0.6 is 12.4 Å². The number of halogens is 1. The molecule has 1 N–H and O–H groups in total. The fourth-order valence-corrected chi connectivity index (χ4v) is 2.73. The smallest absolute Gasteiger partial charge is 0.317 e. The number of ether oxygens (including phenoxy) is 1. The average Bonchev–Trinajstić information content (AvgIpc) is 3.04. The van der Waals surface area contributed by atoms with Crippen molar-refractivity contribution in [1.29, 1.82) is 0 Å². The molecule has 0 saturated carbocycles. The van der Waals surface area contributed by atoms with Gasteiger partial charge in [0.15, 0.2) is 0 Å². The summed E-state index contributed by atoms with van der Waals surface area (Å²) in [5, 5.41) is 8.87. The van der Waals surface area contributed by atoms with E-state index >= 15 is 0 Å². The lowest BCUT2D eigenvalue weighted by molar-refractivity contribution is -0.138. The Kier molecular flexibility index (Phi) is 7.15. The third-order valence-electron chi connectivity index (χ3n) is 4.34. The average molecular weight is 391 g/mol. The van der Waals surface area contributed by atoms with Crippen molar-refractivity contribution in [2.75, 3.05) is 13.6 Å². The third kappa shape index (κ3) is 5.42. The van der Waals surface area contributed by atoms with Crippen LogP contribution in [0, 0.1) is 0 Å². The number of hydrogen-bond acceptors (Lipinski definition) is 5. The van der Waals surface area contributed by atoms with Crippen molar-refractivity contribution in [3.63, 3.8) is 0 Å². The summed E-state index contributed by atoms with van der Waals surface area (Å²) in [5.74, 6) is 0.616. The maximum Gasteiger partial charge on any atom is 0.317 e. The molecule has 2 heterocycles. The lowest BCUT2D eigenvalue weighted by Crippen LogP contribution is -2.35. The highest BCUT2D eigenvalue weighted by atomic mass is 35.5. The predicted octanol–water partition coefficient (Wildman–Crippen LogP) is 2.68. The van der Waals surface area contributed by atoms with Crippen LogP contribution in [-0.4, -0.2) is 50.0 Å². The first kappa shape index (κ1) is 20.7. The minimum absolute atomic E-state index is 0. The molecule has 3 aromatic rings. The maximum absolute atomic E-state index is 10.8. The van der Waals surface area contributed by atoms with E-state index in [1.807, 2.05) is 59.8 Å². The van der Waals surface area contributed by atoms with Gasteiger partial charge in [-0.1, -0.05) is 12.1 Å². The van der Waals surface area contributed by atoms with E-state index in [0.717, 1.165) is 23.4 Å². The van der Waals surface area contributed by atoms with Crippen LogP contribution in [-0.2, 0) is 17.8 Å². The fraction of sp³-hybridized carbons (Fsp3) is 0.316. The Morgan fingerprint density at radius 1 is 1.30 bits per heavy atom. The van der Waals surface area contributed by atoms with Gasteiger partial charge in [0.2, 0.25) is 5.78 Å². The van der Waals surface area contributed by atoms with Gasteiger partial charge in [0.1, 0.15) is 12.4 Å². The van der Waals surface area contributed by atoms with Crippen LogP contribution in [0.3, 0.4) is 0 Å². The zero-order valence-corrected chi connectivity index (χ0v) is 16.1. The highest BCUT2D eigenvalue weighted by molar-refractivity contribution is 5.85. The Labute approximate surface area is 164 Å². The molecule has 1 aromatic carbocycles. The molecule has 2 aromatic heterocycles. The Bertz CT molecular complexity index is 882. The van der Waals surface area contributed by atoms with Gasteiger partial charge in [-0.15, -0.1) is 12.4 Å². The molecule has 0 aliphatic rings. The van der Waals surface area contributed by atoms with Gasteiger partial charge in [-0.3, -0.25) is 14.1 Å². The van der Waals surface area contributed by atoms with Crippen LogP contribution in [0.1, 0.15) is 18.2 Å². The van der Waals surface area contributed by atoms with E-state index in [1.54, 1.807) is 12.4 Å². The van der Waals surface area contributed by atoms with Gasteiger partial charge in [-0.25, -0.2) is 9.97 Å². The molecule has 0 unspecified atom stereocenters. The van der Waals surface area contributed by atoms with Crippen molar-refractivity contribution in [3.8, 4) is 5.75 Å². The molecule has 7 nitrogen and oxygen atoms in total. The number of imidazole rings is 1. The van der Waals surface area contributed by atoms with Gasteiger partial charge < -0.3 is 9.84 Å². The van der Waals surface area contributed by atoms with Gasteiger partial charge in [-0.2, -0.15) is 0 Å². The van der Waals surface area contributed by atoms with Gasteiger partial charge in [-0.05, 0) is 44.2 Å². The molecule has 0 aliphatic carbocycles. The molecule has 0 radical (unpaired) electrons. The second-order valence-corrected chi connectivity index (χ2v) is 6.33. The van der Waals surface area contributed by atoms with Gasteiger partial charge in [0.25, 0.3) is 0 Å². The molecular formula is C19H23ClN4O3. The van der Waals surface area contributed by atoms with Gasteiger partial charge in [0, 0.05) is 18.4 Å². The third-order valence-corrected chi connectivity index (χ3v) is 4.34. The van der Waals surface area contributed by atoms with Crippen molar-refractivity contribution in [2.24, 2.45) is 0 Å². The first-order valence-corrected chi connectivity index (χ1v) is 8.43. The number of likely N-dealkylation sites (N-methyl/N-ethyl adjacent to an activating group) is 1. The number of carboxylic acids is 1. The second-order valence-electron chi connectivity index (χ2n) is 6.33. The minimum atomic E-state index is -0.814. The van der Waals surface area contributed by atoms with Gasteiger partial charge in [0.05, 0.1) is 18.4 Å². The number of aliphatic carboxylic acids is 1. The van der Waals surface area contributed by atoms with Crippen LogP contribution < -0.4 is 4.74 Å². The summed E-state index contributed by atoms with van der Waals surface area (Å²) in [6.45, 7) is 2.46. The predicted molar refractivity (Wildman–Crippen MR) is 104 cm³/mol. The topological polar surface area (TPSA) is 80.0 Å². The van der Waals surface area contributed by atoms with Crippen molar-refractivity contribution < 1.29 is 14.6 Å². The van der Waals surface area contributed by atoms with Gasteiger partial charge >= 0.3 is 5.97 Å². The SMILES string of the molecule is C[C@H](Cc1ccc(OCc2cnc3ncccn23)cc1)N(C)CC(=O)O.Cl. The van der Waals surface area contributed by atoms with E-state index in [9.17, 15) is 4.79 Å². The molecule has 8 heteroatoms. The summed E-state index contributed by atoms with van der Waals surface area (Å²) >= 11 is 0. The van der Waals surface area contributed by atoms with Crippen molar-refractivity contribution in [2.45, 2.75) is 26.0 Å². The van der Waals surface area contributed by atoms with Crippen LogP contribution in [0.5, 0.6) is 5.75 Å². The molecule has 0 spiro atoms. The second kappa shape index (κ2) is 9.34. The molecule has 0 fully saturated rings. The number of rotatable bonds is 8. The number of aromatic nitrogens is 3. The largest absolute Gasteiger partial charge is 0.487 e. The lowest BCUT2D eigenvalue weighted by Gasteiger charge is -2.22. The van der Waals surface area contributed by atoms with E-state index in [-0.39, 0.29) is 25.0 Å². The molecular weight excluding hydrogens is 368 g/mol. The Balaban J connectivity index is 0.00000261. The van der Waals surface area contributed by atoms with E-state index < -0.39 is 5.97 Å². The molecule has 27 heavy (non-hydrogen) atoms. The minimum Gasteiger partial charge on any atom is -0.487 e. The molecule has 0 bridgehead atoms. The highest BCUT2D eigenvalue weighted by Crippen LogP contribution is 2.16. The van der Waals surface area contributed by atoms with Crippen LogP contribution in [0.15, 0.2) is 48.9 Å². The van der Waals surface area contributed by atoms with E-state index in [4.69, 9.17) is 9.84 Å². The van der Waals surface area contributed by atoms with E-state index in [0.29, 0.717) is 12.4 Å². The standard InChI is InChI=1S/C19H22N4O3.ClH/c1-14(22(2)12-18(24)25)10-15-4-6-17(7-5-15)26-13-16-11-21-19-20-8-3-9-23(16)19;/h3-9,11,14H,10,12-13H2,1-2H3,(H,24,25);1H/t14-;/m1./s1. The number of benzene rings is 1. The summed E-state index contributed by atoms with van der Waals surface area (Å²) in [6.07, 6.45) is 6.16. The number of fused-ring (bicyclic) bond motifs is 1. The highest BCUT2D eigenvalue weighted by Gasteiger charge is 2.13. The summed E-state index contributed by atoms with van der Waals surface area (Å²) in [4.78, 5) is 21.0. The Morgan fingerprint density at radius 2 is 2.04 bits per heavy atom. The number of nitrogens with zero attached hydrogens (tertiary/aromatic N) is 4. The maximum atomic E-state index is 10.8. The number of carbonyl (C=O) groups is 1. The molecule has 0 aliphatic heterocycles. The van der Waals surface area contributed by atoms with Crippen molar-refractivity contribution in [1.82, 2.24) is 19.3 Å². The van der Waals surface area contributed by atoms with E-state index in [1.165, 1.54) is 0 Å². The zero-order chi connectivity index (χ0) is 18.5. The molecule has 0 saturated heterocycles. The molecule has 144 valence electrons. The van der Waals surface area contributed by atoms with Crippen molar-refractivity contribution >= 4 is 24.2 Å². The van der Waals surface area contributed by atoms with E-state index in [2.05, 4.69) is 9.97 Å². The number of carboxylic acid groups (broad SMARTS) is 1. The summed E-state index contributed by atoms with van der Waals surface area (Å²) in [7, 11) is 1.82. The summed E-state index contributed by atoms with van der Waals surface area (Å²) in [5.41, 5.74) is 2.07. The molecule has 0 amide bonds. The zero-order valence-electron chi connectivity index (χ0n) is 15.3. The summed E-state index contributed by atoms with van der Waals surface area (Å²) < 4.78 is 7.74. The Hall–Kier alpha value is -2.64. The molecule has 3 rings (SSSR count). The quantitative estimate of drug-likeness (QED) is 0.637.